The third-order valence-electron chi connectivity index (χ3n) is 5.71. The molecule has 2 aliphatic rings. The highest BCUT2D eigenvalue weighted by Crippen LogP contribution is 2.41. The van der Waals surface area contributed by atoms with E-state index >= 15 is 0 Å². The van der Waals surface area contributed by atoms with Crippen LogP contribution < -0.4 is 10.6 Å². The smallest absolute Gasteiger partial charge is 0.252 e. The lowest BCUT2D eigenvalue weighted by Crippen LogP contribution is -2.27. The van der Waals surface area contributed by atoms with Gasteiger partial charge in [-0.25, -0.2) is 9.67 Å². The first kappa shape index (κ1) is 18.4. The molecular formula is C21H31N5O. The third-order valence-corrected chi connectivity index (χ3v) is 5.71. The molecule has 1 atom stereocenters. The molecule has 0 aromatic carbocycles. The summed E-state index contributed by atoms with van der Waals surface area (Å²) in [6.45, 7) is 11.2. The molecule has 1 amide bonds. The summed E-state index contributed by atoms with van der Waals surface area (Å²) >= 11 is 0. The summed E-state index contributed by atoms with van der Waals surface area (Å²) in [5, 5.41) is 12.2. The lowest BCUT2D eigenvalue weighted by Gasteiger charge is -2.20. The highest BCUT2D eigenvalue weighted by Gasteiger charge is 2.30. The minimum Gasteiger partial charge on any atom is -0.352 e. The van der Waals surface area contributed by atoms with Gasteiger partial charge in [0.25, 0.3) is 5.91 Å². The van der Waals surface area contributed by atoms with Crippen LogP contribution >= 0.6 is 0 Å². The Labute approximate surface area is 161 Å². The summed E-state index contributed by atoms with van der Waals surface area (Å²) in [6, 6.07) is 2.01. The van der Waals surface area contributed by atoms with Gasteiger partial charge < -0.3 is 10.6 Å². The van der Waals surface area contributed by atoms with Gasteiger partial charge in [0, 0.05) is 18.2 Å². The fraction of sp³-hybridized carbons (Fsp3) is 0.667. The number of hydrogen-bond acceptors (Lipinski definition) is 4. The second-order valence-corrected chi connectivity index (χ2v) is 9.14. The van der Waals surface area contributed by atoms with E-state index in [1.807, 2.05) is 17.7 Å². The number of pyridine rings is 1. The van der Waals surface area contributed by atoms with E-state index in [0.29, 0.717) is 11.8 Å². The Balaban J connectivity index is 1.65. The molecule has 3 heterocycles. The van der Waals surface area contributed by atoms with Crippen LogP contribution in [0.3, 0.4) is 0 Å². The summed E-state index contributed by atoms with van der Waals surface area (Å²) < 4.78 is 1.98. The molecule has 1 aliphatic heterocycles. The van der Waals surface area contributed by atoms with Crippen molar-refractivity contribution < 1.29 is 4.79 Å². The lowest BCUT2D eigenvalue weighted by molar-refractivity contribution is 0.0953. The van der Waals surface area contributed by atoms with Crippen LogP contribution in [0.15, 0.2) is 6.07 Å². The number of rotatable bonds is 5. The van der Waals surface area contributed by atoms with Gasteiger partial charge in [-0.1, -0.05) is 0 Å². The fourth-order valence-corrected chi connectivity index (χ4v) is 3.99. The number of aryl methyl sites for hydroxylation is 1. The average molecular weight is 370 g/mol. The SMILES string of the molecule is Cc1nn(C(C)(C)C)c2nc(C3CC3)cc(C(=O)NCCC3CCNC3)c12. The molecule has 1 aliphatic carbocycles. The third kappa shape index (κ3) is 3.72. The van der Waals surface area contributed by atoms with E-state index in [9.17, 15) is 4.79 Å². The molecule has 1 saturated carbocycles. The summed E-state index contributed by atoms with van der Waals surface area (Å²) in [5.41, 5.74) is 3.32. The maximum atomic E-state index is 13.0. The van der Waals surface area contributed by atoms with Gasteiger partial charge in [-0.2, -0.15) is 5.10 Å². The minimum atomic E-state index is -0.176. The van der Waals surface area contributed by atoms with E-state index in [4.69, 9.17) is 10.1 Å². The maximum Gasteiger partial charge on any atom is 0.252 e. The van der Waals surface area contributed by atoms with E-state index in [0.717, 1.165) is 66.9 Å². The van der Waals surface area contributed by atoms with E-state index in [2.05, 4.69) is 31.4 Å². The maximum absolute atomic E-state index is 13.0. The van der Waals surface area contributed by atoms with Crippen molar-refractivity contribution in [2.45, 2.75) is 64.8 Å². The van der Waals surface area contributed by atoms with Crippen LogP contribution in [-0.2, 0) is 5.54 Å². The number of hydrogen-bond donors (Lipinski definition) is 2. The lowest BCUT2D eigenvalue weighted by atomic mass is 10.0. The quantitative estimate of drug-likeness (QED) is 0.849. The van der Waals surface area contributed by atoms with Gasteiger partial charge in [-0.3, -0.25) is 4.79 Å². The Hall–Kier alpha value is -1.95. The molecular weight excluding hydrogens is 338 g/mol. The molecule has 1 unspecified atom stereocenters. The zero-order valence-corrected chi connectivity index (χ0v) is 16.9. The Kier molecular flexibility index (Phi) is 4.70. The van der Waals surface area contributed by atoms with E-state index in [-0.39, 0.29) is 11.4 Å². The van der Waals surface area contributed by atoms with Crippen molar-refractivity contribution in [3.8, 4) is 0 Å². The molecule has 6 nitrogen and oxygen atoms in total. The van der Waals surface area contributed by atoms with Crippen LogP contribution in [0.5, 0.6) is 0 Å². The number of amides is 1. The molecule has 146 valence electrons. The highest BCUT2D eigenvalue weighted by molar-refractivity contribution is 6.06. The first-order valence-electron chi connectivity index (χ1n) is 10.2. The van der Waals surface area contributed by atoms with Crippen molar-refractivity contribution in [1.29, 1.82) is 0 Å². The Morgan fingerprint density at radius 1 is 1.33 bits per heavy atom. The topological polar surface area (TPSA) is 71.8 Å². The van der Waals surface area contributed by atoms with E-state index in [1.54, 1.807) is 0 Å². The normalized spacial score (nSPS) is 20.4. The average Bonchev–Trinajstić information content (AvgIpc) is 3.23. The van der Waals surface area contributed by atoms with Gasteiger partial charge >= 0.3 is 0 Å². The van der Waals surface area contributed by atoms with E-state index in [1.165, 1.54) is 6.42 Å². The van der Waals surface area contributed by atoms with Crippen LogP contribution in [0.4, 0.5) is 0 Å². The highest BCUT2D eigenvalue weighted by atomic mass is 16.1. The molecule has 4 rings (SSSR count). The Morgan fingerprint density at radius 2 is 2.11 bits per heavy atom. The van der Waals surface area contributed by atoms with Crippen molar-refractivity contribution in [3.05, 3.63) is 23.0 Å². The number of aromatic nitrogens is 3. The first-order chi connectivity index (χ1) is 12.8. The summed E-state index contributed by atoms with van der Waals surface area (Å²) in [5.74, 6) is 1.18. The summed E-state index contributed by atoms with van der Waals surface area (Å²) in [4.78, 5) is 18.0. The molecule has 2 aromatic heterocycles. The van der Waals surface area contributed by atoms with Crippen molar-refractivity contribution in [2.24, 2.45) is 5.92 Å². The number of nitrogens with zero attached hydrogens (tertiary/aromatic N) is 3. The summed E-state index contributed by atoms with van der Waals surface area (Å²) in [6.07, 6.45) is 4.56. The standard InChI is InChI=1S/C21H31N5O/c1-13-18-16(20(27)23-10-8-14-7-9-22-12-14)11-17(15-5-6-15)24-19(18)26(25-13)21(2,3)4/h11,14-15,22H,5-10,12H2,1-4H3,(H,23,27). The molecule has 27 heavy (non-hydrogen) atoms. The zero-order chi connectivity index (χ0) is 19.2. The number of carbonyl (C=O) groups excluding carboxylic acids is 1. The van der Waals surface area contributed by atoms with Crippen molar-refractivity contribution in [3.63, 3.8) is 0 Å². The second kappa shape index (κ2) is 6.89. The fourth-order valence-electron chi connectivity index (χ4n) is 3.99. The largest absolute Gasteiger partial charge is 0.352 e. The van der Waals surface area contributed by atoms with Gasteiger partial charge in [0.2, 0.25) is 0 Å². The van der Waals surface area contributed by atoms with Gasteiger partial charge in [0.1, 0.15) is 0 Å². The minimum absolute atomic E-state index is 0.00631. The summed E-state index contributed by atoms with van der Waals surface area (Å²) in [7, 11) is 0. The van der Waals surface area contributed by atoms with Gasteiger partial charge in [0.05, 0.1) is 22.2 Å². The second-order valence-electron chi connectivity index (χ2n) is 9.14. The Bertz CT molecular complexity index is 854. The van der Waals surface area contributed by atoms with Crippen LogP contribution in [0.1, 0.15) is 74.1 Å². The predicted octanol–water partition coefficient (Wildman–Crippen LogP) is 3.10. The van der Waals surface area contributed by atoms with Crippen molar-refractivity contribution >= 4 is 16.9 Å². The van der Waals surface area contributed by atoms with Crippen LogP contribution in [0.25, 0.3) is 11.0 Å². The molecule has 2 fully saturated rings. The predicted molar refractivity (Wildman–Crippen MR) is 107 cm³/mol. The molecule has 2 N–H and O–H groups in total. The first-order valence-corrected chi connectivity index (χ1v) is 10.2. The van der Waals surface area contributed by atoms with Crippen molar-refractivity contribution in [1.82, 2.24) is 25.4 Å². The number of fused-ring (bicyclic) bond motifs is 1. The monoisotopic (exact) mass is 369 g/mol. The molecule has 6 heteroatoms. The number of carbonyl (C=O) groups is 1. The van der Waals surface area contributed by atoms with Gasteiger partial charge in [-0.05, 0) is 78.5 Å². The Morgan fingerprint density at radius 3 is 2.74 bits per heavy atom. The van der Waals surface area contributed by atoms with E-state index < -0.39 is 0 Å². The zero-order valence-electron chi connectivity index (χ0n) is 16.9. The van der Waals surface area contributed by atoms with Crippen LogP contribution in [0.2, 0.25) is 0 Å². The van der Waals surface area contributed by atoms with Crippen molar-refractivity contribution in [2.75, 3.05) is 19.6 Å². The van der Waals surface area contributed by atoms with Crippen LogP contribution in [-0.4, -0.2) is 40.3 Å². The molecule has 0 spiro atoms. The van der Waals surface area contributed by atoms with Crippen LogP contribution in [0, 0.1) is 12.8 Å². The van der Waals surface area contributed by atoms with Gasteiger partial charge in [0.15, 0.2) is 5.65 Å². The van der Waals surface area contributed by atoms with Gasteiger partial charge in [-0.15, -0.1) is 0 Å². The number of nitrogens with one attached hydrogen (secondary N) is 2. The molecule has 2 aromatic rings. The molecule has 0 bridgehead atoms. The molecule has 1 saturated heterocycles. The molecule has 0 radical (unpaired) electrons.